The predicted molar refractivity (Wildman–Crippen MR) is 102 cm³/mol. The van der Waals surface area contributed by atoms with Gasteiger partial charge in [-0.1, -0.05) is 26.2 Å². The summed E-state index contributed by atoms with van der Waals surface area (Å²) in [5.41, 5.74) is 2.06. The fourth-order valence-corrected chi connectivity index (χ4v) is 2.60. The van der Waals surface area contributed by atoms with Crippen molar-refractivity contribution in [1.29, 1.82) is 0 Å². The maximum atomic E-state index is 11.9. The molecule has 1 atom stereocenters. The van der Waals surface area contributed by atoms with Crippen molar-refractivity contribution in [3.05, 3.63) is 42.2 Å². The quantitative estimate of drug-likeness (QED) is 0.357. The summed E-state index contributed by atoms with van der Waals surface area (Å²) in [6.45, 7) is 4.33. The molecule has 1 aromatic heterocycles. The molecule has 0 aliphatic rings. The van der Waals surface area contributed by atoms with Crippen molar-refractivity contribution in [3.8, 4) is 17.1 Å². The molecule has 5 heteroatoms. The zero-order chi connectivity index (χ0) is 18.8. The maximum Gasteiger partial charge on any atom is 0.316 e. The smallest absolute Gasteiger partial charge is 0.316 e. The number of carbonyl (C=O) groups excluding carboxylic acids is 1. The second-order valence-corrected chi connectivity index (χ2v) is 6.53. The average Bonchev–Trinajstić information content (AvgIpc) is 2.66. The molecule has 1 heterocycles. The monoisotopic (exact) mass is 356 g/mol. The van der Waals surface area contributed by atoms with Gasteiger partial charge < -0.3 is 9.47 Å². The average molecular weight is 356 g/mol. The Morgan fingerprint density at radius 3 is 2.38 bits per heavy atom. The molecule has 0 aliphatic carbocycles. The summed E-state index contributed by atoms with van der Waals surface area (Å²) in [6.07, 6.45) is 9.77. The highest BCUT2D eigenvalue weighted by atomic mass is 16.5. The van der Waals surface area contributed by atoms with Gasteiger partial charge >= 0.3 is 5.97 Å². The zero-order valence-corrected chi connectivity index (χ0v) is 15.9. The Labute approximate surface area is 155 Å². The SMILES string of the molecule is CCCCCCc1cnc(-c2ccc(OC(=O)C(C)COC)cc2)nc1. The Balaban J connectivity index is 1.92. The molecular formula is C21H28N2O3. The van der Waals surface area contributed by atoms with Crippen LogP contribution in [0.2, 0.25) is 0 Å². The highest BCUT2D eigenvalue weighted by molar-refractivity contribution is 5.75. The lowest BCUT2D eigenvalue weighted by Crippen LogP contribution is -2.21. The normalized spacial score (nSPS) is 12.0. The van der Waals surface area contributed by atoms with Gasteiger partial charge in [0.2, 0.25) is 0 Å². The molecule has 0 amide bonds. The molecule has 2 rings (SSSR count). The number of unbranched alkanes of at least 4 members (excludes halogenated alkanes) is 3. The predicted octanol–water partition coefficient (Wildman–Crippen LogP) is 4.45. The third kappa shape index (κ3) is 6.23. The summed E-state index contributed by atoms with van der Waals surface area (Å²) in [5.74, 6) is 0.582. The van der Waals surface area contributed by atoms with Crippen molar-refractivity contribution in [3.63, 3.8) is 0 Å². The van der Waals surface area contributed by atoms with Crippen LogP contribution in [0.5, 0.6) is 5.75 Å². The number of nitrogens with zero attached hydrogens (tertiary/aromatic N) is 2. The van der Waals surface area contributed by atoms with E-state index in [1.165, 1.54) is 31.2 Å². The summed E-state index contributed by atoms with van der Waals surface area (Å²) >= 11 is 0. The number of methoxy groups -OCH3 is 1. The Morgan fingerprint density at radius 1 is 1.08 bits per heavy atom. The van der Waals surface area contributed by atoms with Crippen molar-refractivity contribution in [2.75, 3.05) is 13.7 Å². The van der Waals surface area contributed by atoms with Crippen molar-refractivity contribution in [2.24, 2.45) is 5.92 Å². The van der Waals surface area contributed by atoms with Crippen LogP contribution in [0.15, 0.2) is 36.7 Å². The van der Waals surface area contributed by atoms with Crippen molar-refractivity contribution in [2.45, 2.75) is 46.0 Å². The Bertz CT molecular complexity index is 669. The summed E-state index contributed by atoms with van der Waals surface area (Å²) in [4.78, 5) is 20.8. The first kappa shape index (κ1) is 20.0. The number of carbonyl (C=O) groups is 1. The van der Waals surface area contributed by atoms with E-state index in [1.807, 2.05) is 24.5 Å². The first-order valence-electron chi connectivity index (χ1n) is 9.26. The first-order valence-corrected chi connectivity index (χ1v) is 9.26. The molecule has 0 spiro atoms. The fraction of sp³-hybridized carbons (Fsp3) is 0.476. The minimum atomic E-state index is -0.303. The molecule has 0 radical (unpaired) electrons. The van der Waals surface area contributed by atoms with Gasteiger partial charge in [0.1, 0.15) is 5.75 Å². The maximum absolute atomic E-state index is 11.9. The van der Waals surface area contributed by atoms with Gasteiger partial charge in [-0.3, -0.25) is 4.79 Å². The van der Waals surface area contributed by atoms with E-state index >= 15 is 0 Å². The van der Waals surface area contributed by atoms with Gasteiger partial charge in [-0.05, 0) is 49.6 Å². The molecule has 1 unspecified atom stereocenters. The number of aromatic nitrogens is 2. The van der Waals surface area contributed by atoms with Crippen LogP contribution in [0.3, 0.4) is 0 Å². The third-order valence-corrected chi connectivity index (χ3v) is 4.17. The summed E-state index contributed by atoms with van der Waals surface area (Å²) in [7, 11) is 1.56. The van der Waals surface area contributed by atoms with E-state index in [2.05, 4.69) is 16.9 Å². The van der Waals surface area contributed by atoms with Crippen LogP contribution in [0.25, 0.3) is 11.4 Å². The molecule has 5 nitrogen and oxygen atoms in total. The molecule has 1 aromatic carbocycles. The number of hydrogen-bond acceptors (Lipinski definition) is 5. The number of rotatable bonds is 10. The highest BCUT2D eigenvalue weighted by Crippen LogP contribution is 2.20. The van der Waals surface area contributed by atoms with E-state index in [0.717, 1.165) is 12.0 Å². The molecule has 0 bridgehead atoms. The van der Waals surface area contributed by atoms with E-state index in [0.29, 0.717) is 18.2 Å². The van der Waals surface area contributed by atoms with Crippen molar-refractivity contribution in [1.82, 2.24) is 9.97 Å². The molecule has 140 valence electrons. The van der Waals surface area contributed by atoms with Crippen LogP contribution in [-0.2, 0) is 16.0 Å². The number of aryl methyl sites for hydroxylation is 1. The van der Waals surface area contributed by atoms with Crippen molar-refractivity contribution < 1.29 is 14.3 Å². The van der Waals surface area contributed by atoms with E-state index in [-0.39, 0.29) is 11.9 Å². The lowest BCUT2D eigenvalue weighted by molar-refractivity contribution is -0.139. The first-order chi connectivity index (χ1) is 12.6. The van der Waals surface area contributed by atoms with Gasteiger partial charge in [-0.25, -0.2) is 9.97 Å². The van der Waals surface area contributed by atoms with Crippen molar-refractivity contribution >= 4 is 5.97 Å². The van der Waals surface area contributed by atoms with Gasteiger partial charge in [0.15, 0.2) is 5.82 Å². The molecule has 0 fully saturated rings. The minimum Gasteiger partial charge on any atom is -0.426 e. The molecule has 0 saturated carbocycles. The zero-order valence-electron chi connectivity index (χ0n) is 15.9. The van der Waals surface area contributed by atoms with Crippen LogP contribution >= 0.6 is 0 Å². The lowest BCUT2D eigenvalue weighted by Gasteiger charge is -2.10. The van der Waals surface area contributed by atoms with Crippen LogP contribution < -0.4 is 4.74 Å². The molecule has 0 saturated heterocycles. The fourth-order valence-electron chi connectivity index (χ4n) is 2.60. The second kappa shape index (κ2) is 10.7. The van der Waals surface area contributed by atoms with Gasteiger partial charge in [0.05, 0.1) is 12.5 Å². The van der Waals surface area contributed by atoms with E-state index in [4.69, 9.17) is 9.47 Å². The van der Waals surface area contributed by atoms with E-state index in [1.54, 1.807) is 26.2 Å². The molecule has 0 N–H and O–H groups in total. The van der Waals surface area contributed by atoms with Crippen LogP contribution in [0.1, 0.15) is 45.1 Å². The molecule has 26 heavy (non-hydrogen) atoms. The van der Waals surface area contributed by atoms with Gasteiger partial charge in [0.25, 0.3) is 0 Å². The molecular weight excluding hydrogens is 328 g/mol. The van der Waals surface area contributed by atoms with Gasteiger partial charge in [-0.2, -0.15) is 0 Å². The number of benzene rings is 1. The van der Waals surface area contributed by atoms with Gasteiger partial charge in [-0.15, -0.1) is 0 Å². The third-order valence-electron chi connectivity index (χ3n) is 4.17. The van der Waals surface area contributed by atoms with Gasteiger partial charge in [0, 0.05) is 25.1 Å². The second-order valence-electron chi connectivity index (χ2n) is 6.53. The summed E-state index contributed by atoms with van der Waals surface area (Å²) in [5, 5.41) is 0. The number of ether oxygens (including phenoxy) is 2. The topological polar surface area (TPSA) is 61.3 Å². The molecule has 2 aromatic rings. The molecule has 0 aliphatic heterocycles. The number of esters is 1. The Morgan fingerprint density at radius 2 is 1.77 bits per heavy atom. The van der Waals surface area contributed by atoms with Crippen LogP contribution in [0, 0.1) is 5.92 Å². The van der Waals surface area contributed by atoms with E-state index < -0.39 is 0 Å². The minimum absolute atomic E-state index is 0.298. The highest BCUT2D eigenvalue weighted by Gasteiger charge is 2.15. The number of hydrogen-bond donors (Lipinski definition) is 0. The summed E-state index contributed by atoms with van der Waals surface area (Å²) < 4.78 is 10.3. The standard InChI is InChI=1S/C21H28N2O3/c1-4-5-6-7-8-17-13-22-20(23-14-17)18-9-11-19(12-10-18)26-21(24)16(2)15-25-3/h9-14,16H,4-8,15H2,1-3H3. The van der Waals surface area contributed by atoms with Crippen LogP contribution in [-0.4, -0.2) is 29.7 Å². The largest absolute Gasteiger partial charge is 0.426 e. The van der Waals surface area contributed by atoms with E-state index in [9.17, 15) is 4.79 Å². The lowest BCUT2D eigenvalue weighted by atomic mass is 10.1. The Kier molecular flexibility index (Phi) is 8.22. The van der Waals surface area contributed by atoms with Crippen LogP contribution in [0.4, 0.5) is 0 Å². The summed E-state index contributed by atoms with van der Waals surface area (Å²) in [6, 6.07) is 7.24. The Hall–Kier alpha value is -2.27.